The minimum Gasteiger partial charge on any atom is -0.422 e. The molecule has 0 aliphatic carbocycles. The summed E-state index contributed by atoms with van der Waals surface area (Å²) in [6.07, 6.45) is -0.134. The van der Waals surface area contributed by atoms with Crippen LogP contribution in [0.1, 0.15) is 23.7 Å². The molecule has 0 fully saturated rings. The van der Waals surface area contributed by atoms with Gasteiger partial charge in [-0.1, -0.05) is 35.5 Å². The van der Waals surface area contributed by atoms with E-state index in [-0.39, 0.29) is 5.69 Å². The first-order valence-electron chi connectivity index (χ1n) is 7.62. The fraction of sp³-hybridized carbons (Fsp3) is 0.111. The van der Waals surface area contributed by atoms with Crippen molar-refractivity contribution in [2.24, 2.45) is 5.16 Å². The third kappa shape index (κ3) is 2.76. The molecule has 1 aliphatic heterocycles. The molecule has 4 rings (SSSR count). The largest absolute Gasteiger partial charge is 0.422 e. The molecule has 1 aromatic heterocycles. The summed E-state index contributed by atoms with van der Waals surface area (Å²) in [5, 5.41) is 15.7. The number of oxime groups is 1. The fourth-order valence-electron chi connectivity index (χ4n) is 2.82. The summed E-state index contributed by atoms with van der Waals surface area (Å²) >= 11 is 0. The van der Waals surface area contributed by atoms with Crippen LogP contribution in [0.15, 0.2) is 69.0 Å². The summed E-state index contributed by atoms with van der Waals surface area (Å²) in [5.74, 6) is 0. The Labute approximate surface area is 141 Å². The Morgan fingerprint density at radius 1 is 1.12 bits per heavy atom. The van der Waals surface area contributed by atoms with Crippen molar-refractivity contribution >= 4 is 22.4 Å². The average Bonchev–Trinajstić information content (AvgIpc) is 3.11. The van der Waals surface area contributed by atoms with Crippen LogP contribution >= 0.6 is 0 Å². The van der Waals surface area contributed by atoms with E-state index < -0.39 is 16.7 Å². The number of nitro benzene ring substituents is 1. The van der Waals surface area contributed by atoms with Crippen LogP contribution in [-0.2, 0) is 4.84 Å². The molecular formula is C18H12N2O5. The molecule has 25 heavy (non-hydrogen) atoms. The van der Waals surface area contributed by atoms with E-state index in [1.54, 1.807) is 30.3 Å². The number of rotatable bonds is 3. The molecular weight excluding hydrogens is 324 g/mol. The Bertz CT molecular complexity index is 1070. The van der Waals surface area contributed by atoms with Gasteiger partial charge in [0.1, 0.15) is 5.58 Å². The van der Waals surface area contributed by atoms with E-state index >= 15 is 0 Å². The smallest absolute Gasteiger partial charge is 0.345 e. The molecule has 2 aromatic carbocycles. The van der Waals surface area contributed by atoms with Gasteiger partial charge in [0.2, 0.25) is 0 Å². The Hall–Kier alpha value is -3.48. The highest BCUT2D eigenvalue weighted by atomic mass is 16.6. The van der Waals surface area contributed by atoms with Crippen molar-refractivity contribution < 1.29 is 14.2 Å². The van der Waals surface area contributed by atoms with Crippen LogP contribution in [0.25, 0.3) is 11.0 Å². The first-order chi connectivity index (χ1) is 12.1. The van der Waals surface area contributed by atoms with Gasteiger partial charge in [-0.25, -0.2) is 4.79 Å². The fourth-order valence-corrected chi connectivity index (χ4v) is 2.82. The number of nitro groups is 1. The molecule has 2 heterocycles. The van der Waals surface area contributed by atoms with Gasteiger partial charge in [0.05, 0.1) is 16.2 Å². The number of non-ortho nitro benzene ring substituents is 1. The van der Waals surface area contributed by atoms with Crippen molar-refractivity contribution in [1.29, 1.82) is 0 Å². The van der Waals surface area contributed by atoms with Crippen molar-refractivity contribution in [2.45, 2.75) is 12.5 Å². The third-order valence-electron chi connectivity index (χ3n) is 4.07. The summed E-state index contributed by atoms with van der Waals surface area (Å²) in [5.41, 5.74) is 1.45. The zero-order valence-electron chi connectivity index (χ0n) is 12.9. The summed E-state index contributed by atoms with van der Waals surface area (Å²) in [4.78, 5) is 28.1. The maximum absolute atomic E-state index is 12.2. The summed E-state index contributed by atoms with van der Waals surface area (Å²) in [7, 11) is 0. The van der Waals surface area contributed by atoms with Gasteiger partial charge in [0.25, 0.3) is 5.69 Å². The molecule has 0 bridgehead atoms. The number of nitrogens with zero attached hydrogens (tertiary/aromatic N) is 2. The zero-order valence-corrected chi connectivity index (χ0v) is 12.9. The Morgan fingerprint density at radius 2 is 1.96 bits per heavy atom. The van der Waals surface area contributed by atoms with E-state index in [0.717, 1.165) is 5.39 Å². The van der Waals surface area contributed by atoms with E-state index in [1.165, 1.54) is 12.1 Å². The lowest BCUT2D eigenvalue weighted by Gasteiger charge is -2.07. The van der Waals surface area contributed by atoms with Crippen LogP contribution in [-0.4, -0.2) is 10.6 Å². The maximum Gasteiger partial charge on any atom is 0.345 e. The van der Waals surface area contributed by atoms with Gasteiger partial charge in [-0.15, -0.1) is 0 Å². The molecule has 7 heteroatoms. The second kappa shape index (κ2) is 5.86. The minimum absolute atomic E-state index is 0.0141. The molecule has 0 saturated heterocycles. The zero-order chi connectivity index (χ0) is 17.4. The number of benzene rings is 2. The summed E-state index contributed by atoms with van der Waals surface area (Å²) in [6, 6.07) is 15.1. The van der Waals surface area contributed by atoms with Crippen LogP contribution in [0.5, 0.6) is 0 Å². The second-order valence-electron chi connectivity index (χ2n) is 5.67. The van der Waals surface area contributed by atoms with Crippen LogP contribution in [0.2, 0.25) is 0 Å². The minimum atomic E-state index is -0.485. The number of para-hydroxylation sites is 1. The topological polar surface area (TPSA) is 94.9 Å². The van der Waals surface area contributed by atoms with E-state index in [9.17, 15) is 14.9 Å². The summed E-state index contributed by atoms with van der Waals surface area (Å²) in [6.45, 7) is 0. The molecule has 1 aliphatic rings. The van der Waals surface area contributed by atoms with Crippen LogP contribution in [0.4, 0.5) is 5.69 Å². The van der Waals surface area contributed by atoms with Gasteiger partial charge in [-0.3, -0.25) is 10.1 Å². The van der Waals surface area contributed by atoms with Crippen molar-refractivity contribution in [3.63, 3.8) is 0 Å². The van der Waals surface area contributed by atoms with Crippen molar-refractivity contribution in [3.8, 4) is 0 Å². The molecule has 1 atom stereocenters. The standard InChI is InChI=1S/C18H12N2O5/c21-18-14(9-12-4-1-2-7-16(12)24-18)15-10-17(25-19-15)11-5-3-6-13(8-11)20(22)23/h1-9,17H,10H2/t17-/m1/s1. The Balaban J connectivity index is 1.64. The van der Waals surface area contributed by atoms with Gasteiger partial charge < -0.3 is 9.25 Å². The molecule has 0 spiro atoms. The number of fused-ring (bicyclic) bond motifs is 1. The SMILES string of the molecule is O=c1oc2ccccc2cc1C1=NO[C@@H](c2cccc([N+](=O)[O-])c2)C1. The number of hydrogen-bond acceptors (Lipinski definition) is 6. The highest BCUT2D eigenvalue weighted by Gasteiger charge is 2.27. The van der Waals surface area contributed by atoms with E-state index in [1.807, 2.05) is 12.1 Å². The molecule has 0 amide bonds. The predicted octanol–water partition coefficient (Wildman–Crippen LogP) is 3.57. The molecule has 0 N–H and O–H groups in total. The maximum atomic E-state index is 12.2. The van der Waals surface area contributed by atoms with Crippen molar-refractivity contribution in [3.05, 3.63) is 86.3 Å². The Morgan fingerprint density at radius 3 is 2.80 bits per heavy atom. The van der Waals surface area contributed by atoms with E-state index in [2.05, 4.69) is 5.16 Å². The van der Waals surface area contributed by atoms with Crippen LogP contribution in [0.3, 0.4) is 0 Å². The normalized spacial score (nSPS) is 16.5. The molecule has 0 saturated carbocycles. The predicted molar refractivity (Wildman–Crippen MR) is 90.6 cm³/mol. The lowest BCUT2D eigenvalue weighted by atomic mass is 10.0. The van der Waals surface area contributed by atoms with Gasteiger partial charge in [0, 0.05) is 29.5 Å². The van der Waals surface area contributed by atoms with E-state index in [0.29, 0.717) is 28.8 Å². The van der Waals surface area contributed by atoms with Crippen molar-refractivity contribution in [2.75, 3.05) is 0 Å². The van der Waals surface area contributed by atoms with Gasteiger partial charge >= 0.3 is 5.63 Å². The van der Waals surface area contributed by atoms with Gasteiger partial charge in [0.15, 0.2) is 6.10 Å². The number of hydrogen-bond donors (Lipinski definition) is 0. The van der Waals surface area contributed by atoms with E-state index in [4.69, 9.17) is 9.25 Å². The van der Waals surface area contributed by atoms with Gasteiger partial charge in [-0.2, -0.15) is 0 Å². The summed E-state index contributed by atoms with van der Waals surface area (Å²) < 4.78 is 5.32. The van der Waals surface area contributed by atoms with Crippen LogP contribution in [0, 0.1) is 10.1 Å². The van der Waals surface area contributed by atoms with Crippen molar-refractivity contribution in [1.82, 2.24) is 0 Å². The first kappa shape index (κ1) is 15.1. The van der Waals surface area contributed by atoms with Crippen LogP contribution < -0.4 is 5.63 Å². The monoisotopic (exact) mass is 336 g/mol. The average molecular weight is 336 g/mol. The lowest BCUT2D eigenvalue weighted by molar-refractivity contribution is -0.385. The molecule has 0 radical (unpaired) electrons. The third-order valence-corrected chi connectivity index (χ3v) is 4.07. The molecule has 124 valence electrons. The molecule has 3 aromatic rings. The quantitative estimate of drug-likeness (QED) is 0.414. The molecule has 0 unspecified atom stereocenters. The first-order valence-corrected chi connectivity index (χ1v) is 7.62. The van der Waals surface area contributed by atoms with Gasteiger partial charge in [-0.05, 0) is 12.1 Å². The highest BCUT2D eigenvalue weighted by molar-refractivity contribution is 6.02. The Kier molecular flexibility index (Phi) is 3.53. The highest BCUT2D eigenvalue weighted by Crippen LogP contribution is 2.31. The lowest BCUT2D eigenvalue weighted by Crippen LogP contribution is -2.13. The second-order valence-corrected chi connectivity index (χ2v) is 5.67. The molecule has 7 nitrogen and oxygen atoms in total.